The second-order valence-corrected chi connectivity index (χ2v) is 4.42. The fourth-order valence-corrected chi connectivity index (χ4v) is 1.90. The van der Waals surface area contributed by atoms with Gasteiger partial charge in [-0.1, -0.05) is 6.07 Å². The summed E-state index contributed by atoms with van der Waals surface area (Å²) in [6, 6.07) is 5.79. The second kappa shape index (κ2) is 6.01. The highest BCUT2D eigenvalue weighted by Crippen LogP contribution is 2.32. The molecule has 1 aliphatic rings. The lowest BCUT2D eigenvalue weighted by atomic mass is 10.2. The van der Waals surface area contributed by atoms with E-state index < -0.39 is 0 Å². The van der Waals surface area contributed by atoms with E-state index in [2.05, 4.69) is 15.0 Å². The molecular formula is C13H12ClN3O4. The van der Waals surface area contributed by atoms with Crippen LogP contribution >= 0.6 is 11.6 Å². The van der Waals surface area contributed by atoms with Crippen molar-refractivity contribution in [3.63, 3.8) is 0 Å². The summed E-state index contributed by atoms with van der Waals surface area (Å²) in [4.78, 5) is 11.7. The van der Waals surface area contributed by atoms with E-state index in [0.717, 1.165) is 11.3 Å². The van der Waals surface area contributed by atoms with Crippen LogP contribution in [0.4, 0.5) is 0 Å². The minimum absolute atomic E-state index is 0.0223. The average Bonchev–Trinajstić information content (AvgIpc) is 2.92. The Labute approximate surface area is 125 Å². The standard InChI is InChI=1S/C13H12ClN3O4/c1-2-18-12-15-11(14)16-13(17-12)19-6-8-3-4-9-10(5-8)21-7-20-9/h3-5H,2,6-7H2,1H3. The lowest BCUT2D eigenvalue weighted by Gasteiger charge is -2.07. The van der Waals surface area contributed by atoms with Crippen LogP contribution in [0.1, 0.15) is 12.5 Å². The number of halogens is 1. The van der Waals surface area contributed by atoms with Crippen molar-refractivity contribution < 1.29 is 18.9 Å². The van der Waals surface area contributed by atoms with Gasteiger partial charge in [0.1, 0.15) is 6.61 Å². The maximum atomic E-state index is 5.79. The van der Waals surface area contributed by atoms with Crippen LogP contribution in [0.3, 0.4) is 0 Å². The highest BCUT2D eigenvalue weighted by atomic mass is 35.5. The molecule has 1 aliphatic heterocycles. The highest BCUT2D eigenvalue weighted by molar-refractivity contribution is 6.28. The van der Waals surface area contributed by atoms with Crippen LogP contribution in [-0.4, -0.2) is 28.4 Å². The molecule has 2 heterocycles. The number of rotatable bonds is 5. The number of nitrogens with zero attached hydrogens (tertiary/aromatic N) is 3. The number of hydrogen-bond donors (Lipinski definition) is 0. The maximum Gasteiger partial charge on any atom is 0.324 e. The van der Waals surface area contributed by atoms with Gasteiger partial charge in [0.25, 0.3) is 0 Å². The molecule has 0 amide bonds. The molecule has 1 aromatic heterocycles. The molecule has 0 unspecified atom stereocenters. The Morgan fingerprint density at radius 3 is 2.67 bits per heavy atom. The third-order valence-corrected chi connectivity index (χ3v) is 2.81. The molecular weight excluding hydrogens is 298 g/mol. The zero-order chi connectivity index (χ0) is 14.7. The molecule has 0 N–H and O–H groups in total. The van der Waals surface area contributed by atoms with Crippen LogP contribution in [0.2, 0.25) is 5.28 Å². The van der Waals surface area contributed by atoms with Crippen molar-refractivity contribution >= 4 is 11.6 Å². The summed E-state index contributed by atoms with van der Waals surface area (Å²) < 4.78 is 21.2. The molecule has 0 fully saturated rings. The summed E-state index contributed by atoms with van der Waals surface area (Å²) in [6.45, 7) is 2.76. The molecule has 0 saturated heterocycles. The number of hydrogen-bond acceptors (Lipinski definition) is 7. The lowest BCUT2D eigenvalue weighted by molar-refractivity contribution is 0.174. The van der Waals surface area contributed by atoms with Crippen LogP contribution < -0.4 is 18.9 Å². The third-order valence-electron chi connectivity index (χ3n) is 2.65. The zero-order valence-electron chi connectivity index (χ0n) is 11.2. The van der Waals surface area contributed by atoms with E-state index in [1.165, 1.54) is 0 Å². The molecule has 21 heavy (non-hydrogen) atoms. The first-order chi connectivity index (χ1) is 10.2. The van der Waals surface area contributed by atoms with Crippen molar-refractivity contribution in [2.75, 3.05) is 13.4 Å². The Bertz CT molecular complexity index is 653. The Morgan fingerprint density at radius 2 is 1.86 bits per heavy atom. The van der Waals surface area contributed by atoms with Crippen molar-refractivity contribution in [1.82, 2.24) is 15.0 Å². The van der Waals surface area contributed by atoms with Gasteiger partial charge >= 0.3 is 12.0 Å². The van der Waals surface area contributed by atoms with Gasteiger partial charge < -0.3 is 18.9 Å². The van der Waals surface area contributed by atoms with Gasteiger partial charge in [0.15, 0.2) is 11.5 Å². The van der Waals surface area contributed by atoms with Crippen LogP contribution in [-0.2, 0) is 6.61 Å². The SMILES string of the molecule is CCOc1nc(Cl)nc(OCc2ccc3c(c2)OCO3)n1. The summed E-state index contributed by atoms with van der Waals surface area (Å²) >= 11 is 5.79. The summed E-state index contributed by atoms with van der Waals surface area (Å²) in [5.41, 5.74) is 0.897. The number of benzene rings is 1. The molecule has 1 aromatic carbocycles. The van der Waals surface area contributed by atoms with E-state index in [9.17, 15) is 0 Å². The number of ether oxygens (including phenoxy) is 4. The van der Waals surface area contributed by atoms with Crippen LogP contribution in [0.25, 0.3) is 0 Å². The fraction of sp³-hybridized carbons (Fsp3) is 0.308. The molecule has 0 saturated carbocycles. The first kappa shape index (κ1) is 13.7. The molecule has 3 rings (SSSR count). The Kier molecular flexibility index (Phi) is 3.92. The van der Waals surface area contributed by atoms with Crippen molar-refractivity contribution in [3.8, 4) is 23.5 Å². The minimum atomic E-state index is 0.0223. The molecule has 7 nitrogen and oxygen atoms in total. The van der Waals surface area contributed by atoms with Crippen molar-refractivity contribution in [2.45, 2.75) is 13.5 Å². The number of aromatic nitrogens is 3. The molecule has 110 valence electrons. The molecule has 0 bridgehead atoms. The molecule has 0 atom stereocenters. The summed E-state index contributed by atoms with van der Waals surface area (Å²) in [7, 11) is 0. The summed E-state index contributed by atoms with van der Waals surface area (Å²) in [5, 5.41) is 0.0223. The Balaban J connectivity index is 1.69. The van der Waals surface area contributed by atoms with Gasteiger partial charge in [-0.3, -0.25) is 0 Å². The van der Waals surface area contributed by atoms with E-state index in [-0.39, 0.29) is 30.7 Å². The number of fused-ring (bicyclic) bond motifs is 1. The van der Waals surface area contributed by atoms with Gasteiger partial charge in [-0.15, -0.1) is 4.98 Å². The Morgan fingerprint density at radius 1 is 1.10 bits per heavy atom. The van der Waals surface area contributed by atoms with E-state index in [4.69, 9.17) is 30.5 Å². The van der Waals surface area contributed by atoms with Crippen LogP contribution in [0.5, 0.6) is 23.5 Å². The van der Waals surface area contributed by atoms with Crippen molar-refractivity contribution in [2.24, 2.45) is 0 Å². The van der Waals surface area contributed by atoms with E-state index in [1.54, 1.807) is 0 Å². The van der Waals surface area contributed by atoms with E-state index >= 15 is 0 Å². The fourth-order valence-electron chi connectivity index (χ4n) is 1.75. The smallest absolute Gasteiger partial charge is 0.324 e. The quantitative estimate of drug-likeness (QED) is 0.838. The molecule has 2 aromatic rings. The Hall–Kier alpha value is -2.28. The van der Waals surface area contributed by atoms with Gasteiger partial charge in [-0.2, -0.15) is 9.97 Å². The topological polar surface area (TPSA) is 75.6 Å². The van der Waals surface area contributed by atoms with Gasteiger partial charge in [0, 0.05) is 0 Å². The lowest BCUT2D eigenvalue weighted by Crippen LogP contribution is -2.04. The second-order valence-electron chi connectivity index (χ2n) is 4.08. The van der Waals surface area contributed by atoms with E-state index in [1.807, 2.05) is 25.1 Å². The molecule has 8 heteroatoms. The van der Waals surface area contributed by atoms with Crippen LogP contribution in [0.15, 0.2) is 18.2 Å². The van der Waals surface area contributed by atoms with Crippen molar-refractivity contribution in [1.29, 1.82) is 0 Å². The minimum Gasteiger partial charge on any atom is -0.464 e. The molecule has 0 spiro atoms. The summed E-state index contributed by atoms with van der Waals surface area (Å²) in [5.74, 6) is 1.42. The normalized spacial score (nSPS) is 12.3. The molecule has 0 aliphatic carbocycles. The first-order valence-corrected chi connectivity index (χ1v) is 6.68. The first-order valence-electron chi connectivity index (χ1n) is 6.30. The van der Waals surface area contributed by atoms with Gasteiger partial charge in [0.2, 0.25) is 12.1 Å². The van der Waals surface area contributed by atoms with Gasteiger partial charge in [-0.25, -0.2) is 0 Å². The highest BCUT2D eigenvalue weighted by Gasteiger charge is 2.14. The predicted octanol–water partition coefficient (Wildman–Crippen LogP) is 2.23. The van der Waals surface area contributed by atoms with Crippen LogP contribution in [0, 0.1) is 0 Å². The van der Waals surface area contributed by atoms with Crippen molar-refractivity contribution in [3.05, 3.63) is 29.0 Å². The molecule has 0 radical (unpaired) electrons. The van der Waals surface area contributed by atoms with Gasteiger partial charge in [0.05, 0.1) is 6.61 Å². The predicted molar refractivity (Wildman–Crippen MR) is 72.9 cm³/mol. The van der Waals surface area contributed by atoms with E-state index in [0.29, 0.717) is 12.4 Å². The summed E-state index contributed by atoms with van der Waals surface area (Å²) in [6.07, 6.45) is 0. The van der Waals surface area contributed by atoms with Gasteiger partial charge in [-0.05, 0) is 36.2 Å². The maximum absolute atomic E-state index is 5.79. The monoisotopic (exact) mass is 309 g/mol. The largest absolute Gasteiger partial charge is 0.464 e. The average molecular weight is 310 g/mol. The zero-order valence-corrected chi connectivity index (χ0v) is 12.0. The third kappa shape index (κ3) is 3.25.